The summed E-state index contributed by atoms with van der Waals surface area (Å²) in [7, 11) is 5.35. The lowest BCUT2D eigenvalue weighted by Crippen LogP contribution is -2.49. The third-order valence-electron chi connectivity index (χ3n) is 6.30. The summed E-state index contributed by atoms with van der Waals surface area (Å²) in [4.78, 5) is 43.3. The van der Waals surface area contributed by atoms with Gasteiger partial charge in [0.05, 0.1) is 17.5 Å². The molecule has 2 heterocycles. The van der Waals surface area contributed by atoms with Crippen molar-refractivity contribution in [2.75, 3.05) is 58.8 Å². The van der Waals surface area contributed by atoms with Gasteiger partial charge in [-0.05, 0) is 44.4 Å². The lowest BCUT2D eigenvalue weighted by atomic mass is 10.1. The van der Waals surface area contributed by atoms with Crippen LogP contribution in [0.5, 0.6) is 5.75 Å². The number of carbonyl (C=O) groups excluding carboxylic acids is 1. The molecule has 3 aromatic rings. The fraction of sp³-hybridized carbons (Fsp3) is 0.360. The first-order valence-electron chi connectivity index (χ1n) is 11.4. The van der Waals surface area contributed by atoms with Crippen LogP contribution >= 0.6 is 0 Å². The summed E-state index contributed by atoms with van der Waals surface area (Å²) in [5, 5.41) is 12.8. The Labute approximate surface area is 203 Å². The molecule has 35 heavy (non-hydrogen) atoms. The molecule has 1 amide bonds. The van der Waals surface area contributed by atoms with E-state index in [4.69, 9.17) is 4.74 Å². The number of ether oxygens (including phenoxy) is 1. The van der Waals surface area contributed by atoms with Gasteiger partial charge in [-0.1, -0.05) is 18.2 Å². The number of amides is 1. The van der Waals surface area contributed by atoms with E-state index >= 15 is 0 Å². The number of nitrogens with zero attached hydrogens (tertiary/aromatic N) is 5. The largest absolute Gasteiger partial charge is 0.497 e. The van der Waals surface area contributed by atoms with E-state index in [1.54, 1.807) is 36.3 Å². The number of aromatic nitrogens is 1. The van der Waals surface area contributed by atoms with Gasteiger partial charge in [-0.2, -0.15) is 0 Å². The maximum absolute atomic E-state index is 13.3. The molecular weight excluding hydrogens is 450 g/mol. The van der Waals surface area contributed by atoms with Crippen LogP contribution in [-0.2, 0) is 6.54 Å². The van der Waals surface area contributed by atoms with E-state index in [1.165, 1.54) is 4.57 Å². The van der Waals surface area contributed by atoms with Crippen molar-refractivity contribution in [3.05, 3.63) is 74.6 Å². The van der Waals surface area contributed by atoms with Gasteiger partial charge in [0, 0.05) is 50.2 Å². The van der Waals surface area contributed by atoms with Crippen LogP contribution in [0.25, 0.3) is 10.9 Å². The molecule has 4 rings (SSSR count). The van der Waals surface area contributed by atoms with Crippen LogP contribution in [0.15, 0.2) is 53.3 Å². The molecule has 0 unspecified atom stereocenters. The van der Waals surface area contributed by atoms with E-state index in [0.29, 0.717) is 67.2 Å². The molecule has 10 nitrogen and oxygen atoms in total. The molecule has 0 radical (unpaired) electrons. The van der Waals surface area contributed by atoms with Gasteiger partial charge in [-0.15, -0.1) is 0 Å². The van der Waals surface area contributed by atoms with Crippen LogP contribution in [0.2, 0.25) is 0 Å². The molecule has 1 saturated heterocycles. The van der Waals surface area contributed by atoms with Crippen LogP contribution < -0.4 is 15.2 Å². The third-order valence-corrected chi connectivity index (χ3v) is 6.30. The maximum atomic E-state index is 13.3. The number of likely N-dealkylation sites (N-methyl/N-ethyl adjacent to an activating group) is 1. The molecule has 2 aromatic carbocycles. The number of nitro groups is 1. The van der Waals surface area contributed by atoms with Gasteiger partial charge in [-0.25, -0.2) is 0 Å². The maximum Gasteiger partial charge on any atom is 0.357 e. The molecule has 1 aliphatic heterocycles. The lowest BCUT2D eigenvalue weighted by Gasteiger charge is -2.36. The van der Waals surface area contributed by atoms with E-state index in [2.05, 4.69) is 0 Å². The number of hydrogen-bond acceptors (Lipinski definition) is 7. The van der Waals surface area contributed by atoms with Gasteiger partial charge in [0.1, 0.15) is 11.4 Å². The minimum absolute atomic E-state index is 0.106. The molecule has 0 saturated carbocycles. The Morgan fingerprint density at radius 1 is 1.06 bits per heavy atom. The van der Waals surface area contributed by atoms with E-state index < -0.39 is 16.2 Å². The molecular formula is C25H29N5O5. The number of para-hydroxylation sites is 1. The number of benzene rings is 2. The van der Waals surface area contributed by atoms with Crippen LogP contribution in [-0.4, -0.2) is 79.1 Å². The fourth-order valence-electron chi connectivity index (χ4n) is 4.43. The number of pyridine rings is 1. The smallest absolute Gasteiger partial charge is 0.357 e. The Balaban J connectivity index is 1.66. The number of methoxy groups -OCH3 is 1. The second-order valence-corrected chi connectivity index (χ2v) is 8.74. The van der Waals surface area contributed by atoms with Crippen molar-refractivity contribution in [1.82, 2.24) is 14.4 Å². The standard InChI is InChI=1S/C25H29N5O5/c1-26(2)12-17-29-21-7-5-4-6-20(21)22(23(25(29)32)30(33)34)27-13-15-28(16-14-27)24(31)18-8-10-19(35-3)11-9-18/h4-11H,12-17H2,1-3H3. The number of hydrogen-bond donors (Lipinski definition) is 0. The van der Waals surface area contributed by atoms with Crippen molar-refractivity contribution in [3.63, 3.8) is 0 Å². The van der Waals surface area contributed by atoms with E-state index in [-0.39, 0.29) is 5.91 Å². The minimum Gasteiger partial charge on any atom is -0.497 e. The van der Waals surface area contributed by atoms with Crippen LogP contribution in [0.3, 0.4) is 0 Å². The number of rotatable bonds is 7. The van der Waals surface area contributed by atoms with Crippen LogP contribution in [0.4, 0.5) is 11.4 Å². The predicted octanol–water partition coefficient (Wildman–Crippen LogP) is 2.44. The first-order chi connectivity index (χ1) is 16.8. The normalized spacial score (nSPS) is 13.9. The molecule has 0 spiro atoms. The lowest BCUT2D eigenvalue weighted by molar-refractivity contribution is -0.385. The second kappa shape index (κ2) is 10.1. The quantitative estimate of drug-likeness (QED) is 0.379. The Morgan fingerprint density at radius 2 is 1.71 bits per heavy atom. The van der Waals surface area contributed by atoms with Gasteiger partial charge in [0.15, 0.2) is 0 Å². The van der Waals surface area contributed by atoms with Crippen molar-refractivity contribution in [2.24, 2.45) is 0 Å². The van der Waals surface area contributed by atoms with E-state index in [9.17, 15) is 19.7 Å². The van der Waals surface area contributed by atoms with Gasteiger partial charge in [0.2, 0.25) is 0 Å². The van der Waals surface area contributed by atoms with Crippen molar-refractivity contribution in [3.8, 4) is 5.75 Å². The molecule has 0 atom stereocenters. The van der Waals surface area contributed by atoms with Crippen molar-refractivity contribution >= 4 is 28.2 Å². The Bertz CT molecular complexity index is 1290. The Hall–Kier alpha value is -3.92. The highest BCUT2D eigenvalue weighted by molar-refractivity contribution is 5.97. The predicted molar refractivity (Wildman–Crippen MR) is 135 cm³/mol. The minimum atomic E-state index is -0.609. The van der Waals surface area contributed by atoms with Gasteiger partial charge >= 0.3 is 11.2 Å². The third kappa shape index (κ3) is 4.83. The SMILES string of the molecule is COc1ccc(C(=O)N2CCN(c3c([N+](=O)[O-])c(=O)n(CCN(C)C)c4ccccc34)CC2)cc1. The molecule has 10 heteroatoms. The Morgan fingerprint density at radius 3 is 2.31 bits per heavy atom. The zero-order chi connectivity index (χ0) is 25.1. The fourth-order valence-corrected chi connectivity index (χ4v) is 4.43. The topological polar surface area (TPSA) is 101 Å². The summed E-state index contributed by atoms with van der Waals surface area (Å²) >= 11 is 0. The molecule has 0 bridgehead atoms. The summed E-state index contributed by atoms with van der Waals surface area (Å²) in [5.41, 5.74) is 0.517. The highest BCUT2D eigenvalue weighted by Crippen LogP contribution is 2.34. The average Bonchev–Trinajstić information content (AvgIpc) is 2.87. The number of piperazine rings is 1. The van der Waals surface area contributed by atoms with E-state index in [0.717, 1.165) is 0 Å². The Kier molecular flexibility index (Phi) is 7.02. The van der Waals surface area contributed by atoms with E-state index in [1.807, 2.05) is 48.2 Å². The number of fused-ring (bicyclic) bond motifs is 1. The monoisotopic (exact) mass is 479 g/mol. The van der Waals surface area contributed by atoms with Gasteiger partial charge in [0.25, 0.3) is 5.91 Å². The first kappa shape index (κ1) is 24.2. The van der Waals surface area contributed by atoms with Crippen LogP contribution in [0.1, 0.15) is 10.4 Å². The molecule has 1 aromatic heterocycles. The van der Waals surface area contributed by atoms with Crippen molar-refractivity contribution < 1.29 is 14.5 Å². The van der Waals surface area contributed by atoms with Crippen molar-refractivity contribution in [1.29, 1.82) is 0 Å². The highest BCUT2D eigenvalue weighted by atomic mass is 16.6. The zero-order valence-corrected chi connectivity index (χ0v) is 20.1. The summed E-state index contributed by atoms with van der Waals surface area (Å²) in [5.74, 6) is 0.566. The van der Waals surface area contributed by atoms with Gasteiger partial charge < -0.3 is 24.0 Å². The summed E-state index contributed by atoms with van der Waals surface area (Å²) in [6.45, 7) is 2.46. The second-order valence-electron chi connectivity index (χ2n) is 8.74. The zero-order valence-electron chi connectivity index (χ0n) is 20.1. The first-order valence-corrected chi connectivity index (χ1v) is 11.4. The molecule has 0 aliphatic carbocycles. The number of anilines is 1. The summed E-state index contributed by atoms with van der Waals surface area (Å²) in [6, 6.07) is 14.2. The van der Waals surface area contributed by atoms with Crippen molar-refractivity contribution in [2.45, 2.75) is 6.54 Å². The van der Waals surface area contributed by atoms with Gasteiger partial charge in [-0.3, -0.25) is 19.7 Å². The molecule has 184 valence electrons. The molecule has 1 aliphatic rings. The number of carbonyl (C=O) groups is 1. The average molecular weight is 480 g/mol. The summed E-state index contributed by atoms with van der Waals surface area (Å²) < 4.78 is 6.64. The highest BCUT2D eigenvalue weighted by Gasteiger charge is 2.32. The van der Waals surface area contributed by atoms with Crippen LogP contribution in [0, 0.1) is 10.1 Å². The molecule has 1 fully saturated rings. The molecule has 0 N–H and O–H groups in total. The summed E-state index contributed by atoms with van der Waals surface area (Å²) in [6.07, 6.45) is 0.